The molecule has 31 heavy (non-hydrogen) atoms. The number of rotatable bonds is 14. The molecule has 184 valence electrons. The number of carbonyl (C=O) groups excluding carboxylic acids is 1. The third kappa shape index (κ3) is 10.2. The Morgan fingerprint density at radius 2 is 1.42 bits per heavy atom. The lowest BCUT2D eigenvalue weighted by Gasteiger charge is -2.46. The van der Waals surface area contributed by atoms with Gasteiger partial charge in [0, 0.05) is 38.3 Å². The number of unbranched alkanes of at least 4 members (excludes halogenated alkanes) is 1. The zero-order chi connectivity index (χ0) is 23.7. The molecule has 0 heterocycles. The summed E-state index contributed by atoms with van der Waals surface area (Å²) < 4.78 is 17.6. The average Bonchev–Trinajstić information content (AvgIpc) is 2.64. The second-order valence-electron chi connectivity index (χ2n) is 11.3. The highest BCUT2D eigenvalue weighted by Gasteiger charge is 2.43. The van der Waals surface area contributed by atoms with Crippen LogP contribution in [0.1, 0.15) is 107 Å². The van der Waals surface area contributed by atoms with Gasteiger partial charge in [0.05, 0.1) is 17.3 Å². The summed E-state index contributed by atoms with van der Waals surface area (Å²) in [5, 5.41) is 0. The summed E-state index contributed by atoms with van der Waals surface area (Å²) >= 11 is 0. The van der Waals surface area contributed by atoms with Crippen molar-refractivity contribution in [2.45, 2.75) is 130 Å². The van der Waals surface area contributed by atoms with Gasteiger partial charge in [0.1, 0.15) is 0 Å². The first kappa shape index (κ1) is 28.4. The van der Waals surface area contributed by atoms with E-state index in [-0.39, 0.29) is 22.7 Å². The molecule has 0 N–H and O–H groups in total. The van der Waals surface area contributed by atoms with Crippen LogP contribution in [-0.2, 0) is 19.0 Å². The Hall–Kier alpha value is -0.650. The van der Waals surface area contributed by atoms with Crippen LogP contribution < -0.4 is 0 Å². The van der Waals surface area contributed by atoms with Crippen LogP contribution >= 0.6 is 0 Å². The fourth-order valence-corrected chi connectivity index (χ4v) is 4.30. The van der Waals surface area contributed by atoms with Crippen molar-refractivity contribution in [3.05, 3.63) is 0 Å². The molecule has 0 spiro atoms. The van der Waals surface area contributed by atoms with Crippen LogP contribution in [0.25, 0.3) is 0 Å². The lowest BCUT2D eigenvalue weighted by molar-refractivity contribution is -0.155. The van der Waals surface area contributed by atoms with E-state index in [2.05, 4.69) is 55.4 Å². The van der Waals surface area contributed by atoms with Crippen molar-refractivity contribution in [1.29, 1.82) is 0 Å². The predicted molar refractivity (Wildman–Crippen MR) is 128 cm³/mol. The third-order valence-electron chi connectivity index (χ3n) is 6.43. The SMILES string of the molecule is CCC(CC)(CCCOCCCCOC(C)(C)C)C(=O)N(C)C1CC(OC(C)(C)C)C1. The van der Waals surface area contributed by atoms with E-state index in [1.165, 1.54) is 0 Å². The van der Waals surface area contributed by atoms with Gasteiger partial charge >= 0.3 is 0 Å². The van der Waals surface area contributed by atoms with Crippen LogP contribution in [0.5, 0.6) is 0 Å². The molecule has 0 unspecified atom stereocenters. The molecule has 0 atom stereocenters. The molecule has 1 saturated carbocycles. The molecule has 0 radical (unpaired) electrons. The largest absolute Gasteiger partial charge is 0.381 e. The van der Waals surface area contributed by atoms with Gasteiger partial charge in [0.15, 0.2) is 0 Å². The van der Waals surface area contributed by atoms with Crippen molar-refractivity contribution in [3.8, 4) is 0 Å². The number of amides is 1. The number of nitrogens with zero attached hydrogens (tertiary/aromatic N) is 1. The van der Waals surface area contributed by atoms with Gasteiger partial charge in [0.2, 0.25) is 5.91 Å². The number of carbonyl (C=O) groups is 1. The smallest absolute Gasteiger partial charge is 0.228 e. The molecule has 5 heteroatoms. The Morgan fingerprint density at radius 3 is 1.94 bits per heavy atom. The highest BCUT2D eigenvalue weighted by Crippen LogP contribution is 2.38. The topological polar surface area (TPSA) is 48.0 Å². The molecular weight excluding hydrogens is 390 g/mol. The van der Waals surface area contributed by atoms with E-state index < -0.39 is 0 Å². The third-order valence-corrected chi connectivity index (χ3v) is 6.43. The number of hydrogen-bond acceptors (Lipinski definition) is 4. The van der Waals surface area contributed by atoms with Gasteiger partial charge in [0.25, 0.3) is 0 Å². The highest BCUT2D eigenvalue weighted by molar-refractivity contribution is 5.82. The zero-order valence-corrected chi connectivity index (χ0v) is 22.0. The maximum atomic E-state index is 13.4. The number of ether oxygens (including phenoxy) is 3. The fraction of sp³-hybridized carbons (Fsp3) is 0.962. The van der Waals surface area contributed by atoms with Crippen LogP contribution in [0.2, 0.25) is 0 Å². The number of hydrogen-bond donors (Lipinski definition) is 0. The van der Waals surface area contributed by atoms with E-state index in [1.807, 2.05) is 11.9 Å². The molecular formula is C26H51NO4. The van der Waals surface area contributed by atoms with E-state index in [1.54, 1.807) is 0 Å². The van der Waals surface area contributed by atoms with E-state index in [9.17, 15) is 4.79 Å². The fourth-order valence-electron chi connectivity index (χ4n) is 4.30. The molecule has 0 saturated heterocycles. The minimum Gasteiger partial charge on any atom is -0.381 e. The summed E-state index contributed by atoms with van der Waals surface area (Å²) in [6.45, 7) is 19.1. The molecule has 0 aromatic carbocycles. The van der Waals surface area contributed by atoms with Crippen molar-refractivity contribution in [1.82, 2.24) is 4.90 Å². The van der Waals surface area contributed by atoms with Crippen LogP contribution in [0.4, 0.5) is 0 Å². The van der Waals surface area contributed by atoms with Crippen molar-refractivity contribution in [3.63, 3.8) is 0 Å². The standard InChI is InChI=1S/C26H51NO4/c1-10-26(11-2,15-14-17-29-16-12-13-18-30-24(3,4)5)23(28)27(9)21-19-22(20-21)31-25(6,7)8/h21-22H,10-20H2,1-9H3. The van der Waals surface area contributed by atoms with Crippen LogP contribution in [-0.4, -0.2) is 61.0 Å². The molecule has 0 aromatic heterocycles. The normalized spacial score (nSPS) is 19.9. The molecule has 1 aliphatic carbocycles. The quantitative estimate of drug-likeness (QED) is 0.311. The Labute approximate surface area is 192 Å². The van der Waals surface area contributed by atoms with Gasteiger partial charge < -0.3 is 19.1 Å². The van der Waals surface area contributed by atoms with E-state index in [4.69, 9.17) is 14.2 Å². The Kier molecular flexibility index (Phi) is 11.5. The summed E-state index contributed by atoms with van der Waals surface area (Å²) in [6.07, 6.45) is 7.80. The van der Waals surface area contributed by atoms with E-state index >= 15 is 0 Å². The van der Waals surface area contributed by atoms with Crippen molar-refractivity contribution in [2.24, 2.45) is 5.41 Å². The van der Waals surface area contributed by atoms with Crippen LogP contribution in [0.15, 0.2) is 0 Å². The van der Waals surface area contributed by atoms with Gasteiger partial charge in [-0.1, -0.05) is 13.8 Å². The summed E-state index contributed by atoms with van der Waals surface area (Å²) in [6, 6.07) is 0.309. The molecule has 0 bridgehead atoms. The lowest BCUT2D eigenvalue weighted by atomic mass is 9.75. The monoisotopic (exact) mass is 441 g/mol. The molecule has 0 aliphatic heterocycles. The van der Waals surface area contributed by atoms with Crippen LogP contribution in [0, 0.1) is 5.41 Å². The van der Waals surface area contributed by atoms with Crippen molar-refractivity contribution < 1.29 is 19.0 Å². The maximum absolute atomic E-state index is 13.4. The molecule has 1 aliphatic rings. The summed E-state index contributed by atoms with van der Waals surface area (Å²) in [5.74, 6) is 0.302. The van der Waals surface area contributed by atoms with Crippen molar-refractivity contribution >= 4 is 5.91 Å². The van der Waals surface area contributed by atoms with E-state index in [0.717, 1.165) is 71.2 Å². The molecule has 1 rings (SSSR count). The Morgan fingerprint density at radius 1 is 0.871 bits per heavy atom. The first-order valence-electron chi connectivity index (χ1n) is 12.5. The molecule has 5 nitrogen and oxygen atoms in total. The van der Waals surface area contributed by atoms with E-state index in [0.29, 0.717) is 11.9 Å². The summed E-state index contributed by atoms with van der Waals surface area (Å²) in [4.78, 5) is 15.4. The predicted octanol–water partition coefficient (Wildman–Crippen LogP) is 5.99. The zero-order valence-electron chi connectivity index (χ0n) is 22.0. The Balaban J connectivity index is 2.34. The first-order chi connectivity index (χ1) is 14.3. The van der Waals surface area contributed by atoms with Gasteiger partial charge in [-0.3, -0.25) is 4.79 Å². The summed E-state index contributed by atoms with van der Waals surface area (Å²) in [7, 11) is 1.98. The average molecular weight is 442 g/mol. The second kappa shape index (κ2) is 12.6. The molecule has 1 fully saturated rings. The summed E-state index contributed by atoms with van der Waals surface area (Å²) in [5.41, 5.74) is -0.451. The minimum absolute atomic E-state index is 0.0653. The molecule has 0 aromatic rings. The molecule has 1 amide bonds. The van der Waals surface area contributed by atoms with Gasteiger partial charge in [-0.15, -0.1) is 0 Å². The lowest BCUT2D eigenvalue weighted by Crippen LogP contribution is -2.54. The van der Waals surface area contributed by atoms with Gasteiger partial charge in [-0.2, -0.15) is 0 Å². The second-order valence-corrected chi connectivity index (χ2v) is 11.3. The van der Waals surface area contributed by atoms with Gasteiger partial charge in [-0.25, -0.2) is 0 Å². The van der Waals surface area contributed by atoms with Crippen molar-refractivity contribution in [2.75, 3.05) is 26.9 Å². The van der Waals surface area contributed by atoms with Gasteiger partial charge in [-0.05, 0) is 92.9 Å². The maximum Gasteiger partial charge on any atom is 0.228 e. The van der Waals surface area contributed by atoms with Crippen LogP contribution in [0.3, 0.4) is 0 Å². The first-order valence-corrected chi connectivity index (χ1v) is 12.5. The Bertz CT molecular complexity index is 510. The minimum atomic E-state index is -0.269. The highest BCUT2D eigenvalue weighted by atomic mass is 16.5.